The third kappa shape index (κ3) is 3.85. The van der Waals surface area contributed by atoms with Crippen molar-refractivity contribution in [3.63, 3.8) is 0 Å². The van der Waals surface area contributed by atoms with Gasteiger partial charge in [-0.1, -0.05) is 43.7 Å². The lowest BCUT2D eigenvalue weighted by molar-refractivity contribution is 0.102. The van der Waals surface area contributed by atoms with Gasteiger partial charge in [0.2, 0.25) is 0 Å². The Labute approximate surface area is 119 Å². The lowest BCUT2D eigenvalue weighted by Gasteiger charge is -2.02. The Morgan fingerprint density at radius 1 is 1.21 bits per heavy atom. The second kappa shape index (κ2) is 6.78. The van der Waals surface area contributed by atoms with Crippen LogP contribution >= 0.6 is 11.3 Å². The molecule has 2 rings (SSSR count). The van der Waals surface area contributed by atoms with E-state index in [9.17, 15) is 9.00 Å². The molecule has 1 unspecified atom stereocenters. The largest absolute Gasteiger partial charge is 0.293 e. The van der Waals surface area contributed by atoms with Crippen LogP contribution in [0.5, 0.6) is 0 Å². The Morgan fingerprint density at radius 3 is 2.53 bits per heavy atom. The van der Waals surface area contributed by atoms with Crippen LogP contribution in [0.25, 0.3) is 0 Å². The molecule has 4 heteroatoms. The van der Waals surface area contributed by atoms with E-state index in [1.807, 2.05) is 35.7 Å². The van der Waals surface area contributed by atoms with E-state index in [4.69, 9.17) is 0 Å². The Balaban J connectivity index is 2.01. The predicted octanol–water partition coefficient (Wildman–Crippen LogP) is 3.69. The first-order valence-corrected chi connectivity index (χ1v) is 8.44. The van der Waals surface area contributed by atoms with Crippen molar-refractivity contribution in [2.24, 2.45) is 0 Å². The van der Waals surface area contributed by atoms with Crippen molar-refractivity contribution in [1.29, 1.82) is 0 Å². The molecule has 0 bridgehead atoms. The number of thiophene rings is 1. The summed E-state index contributed by atoms with van der Waals surface area (Å²) in [5, 5.41) is 1.87. The van der Waals surface area contributed by atoms with Gasteiger partial charge in [0.05, 0.1) is 20.8 Å². The zero-order valence-corrected chi connectivity index (χ0v) is 12.4. The van der Waals surface area contributed by atoms with Crippen molar-refractivity contribution in [2.45, 2.75) is 24.0 Å². The van der Waals surface area contributed by atoms with Gasteiger partial charge in [-0.3, -0.25) is 9.00 Å². The van der Waals surface area contributed by atoms with Crippen molar-refractivity contribution in [2.75, 3.05) is 5.75 Å². The van der Waals surface area contributed by atoms with Gasteiger partial charge >= 0.3 is 0 Å². The Kier molecular flexibility index (Phi) is 5.05. The molecule has 0 aliphatic heterocycles. The highest BCUT2D eigenvalue weighted by Crippen LogP contribution is 2.15. The molecule has 1 aromatic carbocycles. The van der Waals surface area contributed by atoms with E-state index in [-0.39, 0.29) is 11.5 Å². The van der Waals surface area contributed by atoms with Gasteiger partial charge in [0.1, 0.15) is 0 Å². The zero-order chi connectivity index (χ0) is 13.7. The third-order valence-electron chi connectivity index (χ3n) is 2.80. The minimum Gasteiger partial charge on any atom is -0.293 e. The molecular formula is C15H16O2S2. The minimum atomic E-state index is -1.22. The number of aryl methyl sites for hydroxylation is 1. The van der Waals surface area contributed by atoms with Gasteiger partial charge in [0, 0.05) is 5.56 Å². The molecule has 2 aromatic rings. The quantitative estimate of drug-likeness (QED) is 0.761. The van der Waals surface area contributed by atoms with E-state index >= 15 is 0 Å². The lowest BCUT2D eigenvalue weighted by atomic mass is 10.1. The fourth-order valence-electron chi connectivity index (χ4n) is 1.81. The fraction of sp³-hybridized carbons (Fsp3) is 0.267. The van der Waals surface area contributed by atoms with E-state index in [0.717, 1.165) is 17.1 Å². The van der Waals surface area contributed by atoms with Crippen LogP contribution in [0, 0.1) is 0 Å². The highest BCUT2D eigenvalue weighted by Gasteiger charge is 2.12. The van der Waals surface area contributed by atoms with Gasteiger partial charge < -0.3 is 0 Å². The van der Waals surface area contributed by atoms with E-state index in [1.54, 1.807) is 6.07 Å². The zero-order valence-electron chi connectivity index (χ0n) is 10.8. The van der Waals surface area contributed by atoms with Crippen LogP contribution in [0.4, 0.5) is 0 Å². The van der Waals surface area contributed by atoms with Gasteiger partial charge in [-0.15, -0.1) is 11.3 Å². The maximum atomic E-state index is 12.0. The summed E-state index contributed by atoms with van der Waals surface area (Å²) < 4.78 is 12.7. The number of ketones is 1. The smallest absolute Gasteiger partial charge is 0.175 e. The summed E-state index contributed by atoms with van der Waals surface area (Å²) in [5.41, 5.74) is 1.88. The number of carbonyl (C=O) groups is 1. The molecule has 1 atom stereocenters. The first-order valence-electron chi connectivity index (χ1n) is 6.24. The summed E-state index contributed by atoms with van der Waals surface area (Å²) >= 11 is 1.42. The molecule has 0 radical (unpaired) electrons. The average molecular weight is 292 g/mol. The topological polar surface area (TPSA) is 34.1 Å². The number of carbonyl (C=O) groups excluding carboxylic acids is 1. The molecule has 0 aliphatic rings. The van der Waals surface area contributed by atoms with Gasteiger partial charge in [-0.05, 0) is 23.4 Å². The summed E-state index contributed by atoms with van der Waals surface area (Å²) in [6, 6.07) is 11.3. The maximum absolute atomic E-state index is 12.0. The SMILES string of the molecule is CCCc1ccc(C(=O)CS(=O)c2cccs2)cc1. The fourth-order valence-corrected chi connectivity index (χ4v) is 3.81. The molecule has 0 amide bonds. The normalized spacial score (nSPS) is 12.3. The Bertz CT molecular complexity index is 556. The van der Waals surface area contributed by atoms with Crippen LogP contribution in [0.1, 0.15) is 29.3 Å². The molecule has 0 saturated heterocycles. The summed E-state index contributed by atoms with van der Waals surface area (Å²) in [6.45, 7) is 2.13. The number of hydrogen-bond acceptors (Lipinski definition) is 3. The number of rotatable bonds is 6. The average Bonchev–Trinajstić information content (AvgIpc) is 2.94. The van der Waals surface area contributed by atoms with Gasteiger partial charge in [-0.2, -0.15) is 0 Å². The van der Waals surface area contributed by atoms with Crippen LogP contribution in [0.3, 0.4) is 0 Å². The van der Waals surface area contributed by atoms with Crippen molar-refractivity contribution >= 4 is 27.9 Å². The van der Waals surface area contributed by atoms with Crippen molar-refractivity contribution in [3.8, 4) is 0 Å². The summed E-state index contributed by atoms with van der Waals surface area (Å²) in [7, 11) is -1.22. The van der Waals surface area contributed by atoms with Crippen molar-refractivity contribution < 1.29 is 9.00 Å². The standard InChI is InChI=1S/C15H16O2S2/c1-2-4-12-6-8-13(9-7-12)14(16)11-19(17)15-5-3-10-18-15/h3,5-10H,2,4,11H2,1H3. The summed E-state index contributed by atoms with van der Waals surface area (Å²) in [6.07, 6.45) is 2.12. The highest BCUT2D eigenvalue weighted by atomic mass is 32.2. The summed E-state index contributed by atoms with van der Waals surface area (Å²) in [5.74, 6) is 0.00275. The van der Waals surface area contributed by atoms with Crippen molar-refractivity contribution in [1.82, 2.24) is 0 Å². The number of Topliss-reactive ketones (excluding diaryl/α,β-unsaturated/α-hetero) is 1. The van der Waals surface area contributed by atoms with E-state index in [2.05, 4.69) is 6.92 Å². The Hall–Kier alpha value is -1.26. The van der Waals surface area contributed by atoms with Crippen LogP contribution < -0.4 is 0 Å². The maximum Gasteiger partial charge on any atom is 0.175 e. The van der Waals surface area contributed by atoms with Crippen LogP contribution in [0.2, 0.25) is 0 Å². The minimum absolute atomic E-state index is 0.0604. The van der Waals surface area contributed by atoms with Crippen LogP contribution in [0.15, 0.2) is 46.0 Å². The Morgan fingerprint density at radius 2 is 1.95 bits per heavy atom. The van der Waals surface area contributed by atoms with Gasteiger partial charge in [-0.25, -0.2) is 0 Å². The second-order valence-electron chi connectivity index (χ2n) is 4.29. The number of hydrogen-bond donors (Lipinski definition) is 0. The molecule has 0 saturated carbocycles. The molecule has 0 spiro atoms. The van der Waals surface area contributed by atoms with Crippen LogP contribution in [-0.2, 0) is 17.2 Å². The molecule has 1 aromatic heterocycles. The molecule has 19 heavy (non-hydrogen) atoms. The first kappa shape index (κ1) is 14.2. The van der Waals surface area contributed by atoms with Crippen LogP contribution in [-0.4, -0.2) is 15.7 Å². The first-order chi connectivity index (χ1) is 9.20. The lowest BCUT2D eigenvalue weighted by Crippen LogP contribution is -2.10. The molecule has 2 nitrogen and oxygen atoms in total. The molecule has 0 aliphatic carbocycles. The summed E-state index contributed by atoms with van der Waals surface area (Å²) in [4.78, 5) is 12.0. The second-order valence-corrected chi connectivity index (χ2v) is 6.92. The van der Waals surface area contributed by atoms with Gasteiger partial charge in [0.15, 0.2) is 5.78 Å². The third-order valence-corrected chi connectivity index (χ3v) is 5.41. The molecule has 0 N–H and O–H groups in total. The molecule has 1 heterocycles. The predicted molar refractivity (Wildman–Crippen MR) is 80.4 cm³/mol. The van der Waals surface area contributed by atoms with E-state index in [0.29, 0.717) is 5.56 Å². The molecule has 0 fully saturated rings. The number of benzene rings is 1. The van der Waals surface area contributed by atoms with Gasteiger partial charge in [0.25, 0.3) is 0 Å². The molecular weight excluding hydrogens is 276 g/mol. The van der Waals surface area contributed by atoms with Crippen molar-refractivity contribution in [3.05, 3.63) is 52.9 Å². The van der Waals surface area contributed by atoms with E-state index < -0.39 is 10.8 Å². The highest BCUT2D eigenvalue weighted by molar-refractivity contribution is 7.88. The van der Waals surface area contributed by atoms with E-state index in [1.165, 1.54) is 16.9 Å². The monoisotopic (exact) mass is 292 g/mol. The molecule has 100 valence electrons.